The molecule has 0 saturated heterocycles. The number of fused-ring (bicyclic) bond motifs is 2. The Morgan fingerprint density at radius 2 is 1.91 bits per heavy atom. The molecule has 1 saturated carbocycles. The molecule has 5 aromatic heterocycles. The van der Waals surface area contributed by atoms with Crippen LogP contribution in [0.25, 0.3) is 44.6 Å². The normalized spacial score (nSPS) is 14.7. The Kier molecular flexibility index (Phi) is 4.83. The number of nitrogens with one attached hydrogen (secondary N) is 3. The maximum atomic E-state index is 12.7. The molecule has 0 aliphatic heterocycles. The van der Waals surface area contributed by atoms with Gasteiger partial charge in [0.1, 0.15) is 5.69 Å². The number of nitrogens with zero attached hydrogens (tertiary/aromatic N) is 4. The smallest absolute Gasteiger partial charge is 0.227 e. The van der Waals surface area contributed by atoms with Gasteiger partial charge in [-0.15, -0.1) is 0 Å². The van der Waals surface area contributed by atoms with E-state index in [0.29, 0.717) is 5.69 Å². The largest absolute Gasteiger partial charge is 0.352 e. The molecule has 1 amide bonds. The zero-order valence-electron chi connectivity index (χ0n) is 18.0. The van der Waals surface area contributed by atoms with Crippen LogP contribution in [0, 0.1) is 5.92 Å². The molecule has 0 spiro atoms. The van der Waals surface area contributed by atoms with Crippen molar-refractivity contribution in [1.29, 1.82) is 0 Å². The fourth-order valence-electron chi connectivity index (χ4n) is 4.62. The molecule has 3 N–H and O–H groups in total. The van der Waals surface area contributed by atoms with E-state index < -0.39 is 0 Å². The molecule has 8 nitrogen and oxygen atoms in total. The lowest BCUT2D eigenvalue weighted by Crippen LogP contribution is -2.24. The van der Waals surface area contributed by atoms with Crippen molar-refractivity contribution in [2.24, 2.45) is 5.92 Å². The minimum atomic E-state index is 0.0848. The van der Waals surface area contributed by atoms with Crippen molar-refractivity contribution < 1.29 is 4.79 Å². The minimum absolute atomic E-state index is 0.0848. The van der Waals surface area contributed by atoms with Crippen LogP contribution in [-0.2, 0) is 4.79 Å². The first kappa shape index (κ1) is 19.6. The van der Waals surface area contributed by atoms with E-state index in [-0.39, 0.29) is 11.8 Å². The zero-order valence-corrected chi connectivity index (χ0v) is 18.0. The van der Waals surface area contributed by atoms with Gasteiger partial charge in [0.15, 0.2) is 0 Å². The molecular weight excluding hydrogens is 414 g/mol. The third kappa shape index (κ3) is 3.73. The van der Waals surface area contributed by atoms with Crippen LogP contribution in [0.2, 0.25) is 0 Å². The maximum absolute atomic E-state index is 12.7. The molecule has 1 fully saturated rings. The maximum Gasteiger partial charge on any atom is 0.227 e. The highest BCUT2D eigenvalue weighted by molar-refractivity contribution is 5.96. The van der Waals surface area contributed by atoms with Crippen LogP contribution in [0.5, 0.6) is 0 Å². The Morgan fingerprint density at radius 1 is 1.00 bits per heavy atom. The molecule has 0 unspecified atom stereocenters. The number of aromatic amines is 2. The Hall–Kier alpha value is -4.07. The molecule has 8 heteroatoms. The molecule has 0 bridgehead atoms. The van der Waals surface area contributed by atoms with Crippen molar-refractivity contribution >= 4 is 33.5 Å². The van der Waals surface area contributed by atoms with Gasteiger partial charge in [0.2, 0.25) is 5.91 Å². The number of amides is 1. The molecule has 1 aliphatic carbocycles. The van der Waals surface area contributed by atoms with E-state index in [9.17, 15) is 4.79 Å². The molecule has 164 valence electrons. The predicted octanol–water partition coefficient (Wildman–Crippen LogP) is 5.08. The highest BCUT2D eigenvalue weighted by Crippen LogP contribution is 2.31. The van der Waals surface area contributed by atoms with E-state index in [1.807, 2.05) is 30.3 Å². The van der Waals surface area contributed by atoms with Gasteiger partial charge in [0.05, 0.1) is 46.0 Å². The van der Waals surface area contributed by atoms with Crippen LogP contribution in [0.1, 0.15) is 32.1 Å². The Balaban J connectivity index is 1.32. The molecule has 1 aliphatic rings. The molecule has 33 heavy (non-hydrogen) atoms. The van der Waals surface area contributed by atoms with Crippen molar-refractivity contribution in [3.63, 3.8) is 0 Å². The number of rotatable bonds is 4. The first-order chi connectivity index (χ1) is 16.2. The van der Waals surface area contributed by atoms with Crippen LogP contribution >= 0.6 is 0 Å². The van der Waals surface area contributed by atoms with E-state index >= 15 is 0 Å². The summed E-state index contributed by atoms with van der Waals surface area (Å²) in [6, 6.07) is 9.81. The minimum Gasteiger partial charge on any atom is -0.352 e. The van der Waals surface area contributed by atoms with Crippen LogP contribution in [0.15, 0.2) is 55.1 Å². The summed E-state index contributed by atoms with van der Waals surface area (Å²) in [5, 5.41) is 11.6. The summed E-state index contributed by atoms with van der Waals surface area (Å²) in [6.45, 7) is 0. The van der Waals surface area contributed by atoms with Gasteiger partial charge >= 0.3 is 0 Å². The van der Waals surface area contributed by atoms with E-state index in [1.54, 1.807) is 24.8 Å². The van der Waals surface area contributed by atoms with Gasteiger partial charge in [-0.25, -0.2) is 0 Å². The third-order valence-corrected chi connectivity index (χ3v) is 6.37. The van der Waals surface area contributed by atoms with Gasteiger partial charge in [0, 0.05) is 29.3 Å². The van der Waals surface area contributed by atoms with Crippen molar-refractivity contribution in [2.45, 2.75) is 32.1 Å². The number of carbonyl (C=O) groups is 1. The second-order valence-electron chi connectivity index (χ2n) is 8.59. The SMILES string of the molecule is O=C(Nc1cncc(-c2cc3c(-c4cc5ncccc5[nH]4)n[nH]c3cn2)c1)C1CCCCC1. The summed E-state index contributed by atoms with van der Waals surface area (Å²) in [5.41, 5.74) is 6.69. The summed E-state index contributed by atoms with van der Waals surface area (Å²) in [6.07, 6.45) is 12.4. The summed E-state index contributed by atoms with van der Waals surface area (Å²) in [7, 11) is 0. The van der Waals surface area contributed by atoms with E-state index in [1.165, 1.54) is 6.42 Å². The Labute approximate surface area is 189 Å². The topological polar surface area (TPSA) is 112 Å². The Morgan fingerprint density at radius 3 is 2.79 bits per heavy atom. The highest BCUT2D eigenvalue weighted by atomic mass is 16.1. The highest BCUT2D eigenvalue weighted by Gasteiger charge is 2.21. The van der Waals surface area contributed by atoms with Crippen molar-refractivity contribution in [3.8, 4) is 22.6 Å². The molecule has 5 heterocycles. The summed E-state index contributed by atoms with van der Waals surface area (Å²) in [4.78, 5) is 29.4. The quantitative estimate of drug-likeness (QED) is 0.363. The fraction of sp³-hybridized carbons (Fsp3) is 0.240. The number of carbonyl (C=O) groups excluding carboxylic acids is 1. The van der Waals surface area contributed by atoms with Gasteiger partial charge in [-0.1, -0.05) is 19.3 Å². The number of H-pyrrole nitrogens is 2. The van der Waals surface area contributed by atoms with E-state index in [0.717, 1.165) is 70.3 Å². The molecule has 6 rings (SSSR count). The van der Waals surface area contributed by atoms with Crippen molar-refractivity contribution in [3.05, 3.63) is 55.1 Å². The summed E-state index contributed by atoms with van der Waals surface area (Å²) in [5.74, 6) is 0.178. The van der Waals surface area contributed by atoms with Crippen molar-refractivity contribution in [2.75, 3.05) is 5.32 Å². The van der Waals surface area contributed by atoms with Crippen LogP contribution < -0.4 is 5.32 Å². The summed E-state index contributed by atoms with van der Waals surface area (Å²) >= 11 is 0. The number of pyridine rings is 3. The average molecular weight is 438 g/mol. The molecule has 0 radical (unpaired) electrons. The van der Waals surface area contributed by atoms with E-state index in [2.05, 4.69) is 35.5 Å². The lowest BCUT2D eigenvalue weighted by Gasteiger charge is -2.20. The van der Waals surface area contributed by atoms with Crippen molar-refractivity contribution in [1.82, 2.24) is 30.1 Å². The predicted molar refractivity (Wildman–Crippen MR) is 127 cm³/mol. The average Bonchev–Trinajstić information content (AvgIpc) is 3.48. The van der Waals surface area contributed by atoms with E-state index in [4.69, 9.17) is 0 Å². The number of hydrogen-bond acceptors (Lipinski definition) is 5. The van der Waals surface area contributed by atoms with Gasteiger partial charge < -0.3 is 10.3 Å². The van der Waals surface area contributed by atoms with Crippen LogP contribution in [0.4, 0.5) is 5.69 Å². The molecule has 0 aromatic carbocycles. The van der Waals surface area contributed by atoms with Crippen LogP contribution in [-0.4, -0.2) is 36.0 Å². The lowest BCUT2D eigenvalue weighted by atomic mass is 9.88. The monoisotopic (exact) mass is 437 g/mol. The Bertz CT molecular complexity index is 1430. The van der Waals surface area contributed by atoms with Gasteiger partial charge in [-0.3, -0.25) is 24.8 Å². The van der Waals surface area contributed by atoms with Gasteiger partial charge in [-0.05, 0) is 43.2 Å². The summed E-state index contributed by atoms with van der Waals surface area (Å²) < 4.78 is 0. The standard InChI is InChI=1S/C25H23N7O/c33-25(15-5-2-1-3-6-15)29-17-9-16(12-26-13-17)20-10-18-23(14-28-20)31-32-24(18)22-11-21-19(30-22)7-4-8-27-21/h4,7-15,30H,1-3,5-6H2,(H,29,33)(H,31,32). The molecule has 5 aromatic rings. The van der Waals surface area contributed by atoms with Crippen LogP contribution in [0.3, 0.4) is 0 Å². The molecule has 0 atom stereocenters. The third-order valence-electron chi connectivity index (χ3n) is 6.37. The zero-order chi connectivity index (χ0) is 22.2. The first-order valence-electron chi connectivity index (χ1n) is 11.3. The lowest BCUT2D eigenvalue weighted by molar-refractivity contribution is -0.120. The number of aromatic nitrogens is 6. The second-order valence-corrected chi connectivity index (χ2v) is 8.59. The molecular formula is C25H23N7O. The van der Waals surface area contributed by atoms with Gasteiger partial charge in [-0.2, -0.15) is 5.10 Å². The first-order valence-corrected chi connectivity index (χ1v) is 11.3. The van der Waals surface area contributed by atoms with Gasteiger partial charge in [0.25, 0.3) is 0 Å². The second kappa shape index (κ2) is 8.12. The number of hydrogen-bond donors (Lipinski definition) is 3. The fourth-order valence-corrected chi connectivity index (χ4v) is 4.62. The number of anilines is 1.